The Morgan fingerprint density at radius 3 is 2.68 bits per heavy atom. The van der Waals surface area contributed by atoms with Crippen LogP contribution in [-0.2, 0) is 4.79 Å². The molecular weight excluding hydrogens is 344 g/mol. The fourth-order valence-corrected chi connectivity index (χ4v) is 3.82. The summed E-state index contributed by atoms with van der Waals surface area (Å²) < 4.78 is 0. The van der Waals surface area contributed by atoms with E-state index in [1.165, 1.54) is 12.1 Å². The minimum Gasteiger partial charge on any atom is -0.366 e. The number of benzene rings is 1. The topological polar surface area (TPSA) is 141 Å². The average Bonchev–Trinajstić information content (AvgIpc) is 2.60. The fourth-order valence-electron chi connectivity index (χ4n) is 3.01. The summed E-state index contributed by atoms with van der Waals surface area (Å²) in [4.78, 5) is 34.2. The SMILES string of the molecule is NCC1CCCCC1NC(=O)CSc1ccc(C(N)=O)cc1[N+](=O)[O-]. The van der Waals surface area contributed by atoms with Crippen LogP contribution in [-0.4, -0.2) is 35.1 Å². The second kappa shape index (κ2) is 8.82. The maximum atomic E-state index is 12.2. The Hall–Kier alpha value is -2.13. The molecule has 1 aliphatic carbocycles. The number of carbonyl (C=O) groups is 2. The van der Waals surface area contributed by atoms with Crippen LogP contribution in [0.3, 0.4) is 0 Å². The zero-order valence-electron chi connectivity index (χ0n) is 13.8. The Bertz CT molecular complexity index is 668. The van der Waals surface area contributed by atoms with Gasteiger partial charge >= 0.3 is 0 Å². The Morgan fingerprint density at radius 1 is 1.32 bits per heavy atom. The highest BCUT2D eigenvalue weighted by Gasteiger charge is 2.25. The van der Waals surface area contributed by atoms with Gasteiger partial charge in [-0.15, -0.1) is 11.8 Å². The molecule has 0 radical (unpaired) electrons. The maximum absolute atomic E-state index is 12.2. The second-order valence-corrected chi connectivity index (χ2v) is 7.06. The lowest BCUT2D eigenvalue weighted by Crippen LogP contribution is -2.45. The smallest absolute Gasteiger partial charge is 0.283 e. The van der Waals surface area contributed by atoms with Gasteiger partial charge < -0.3 is 16.8 Å². The van der Waals surface area contributed by atoms with E-state index in [0.29, 0.717) is 11.4 Å². The van der Waals surface area contributed by atoms with Crippen LogP contribution in [0.2, 0.25) is 0 Å². The first-order chi connectivity index (χ1) is 11.9. The number of nitrogens with zero attached hydrogens (tertiary/aromatic N) is 1. The van der Waals surface area contributed by atoms with Crippen LogP contribution in [0.4, 0.5) is 5.69 Å². The number of rotatable bonds is 7. The third-order valence-corrected chi connectivity index (χ3v) is 5.42. The summed E-state index contributed by atoms with van der Waals surface area (Å²) >= 11 is 1.06. The molecular formula is C16H22N4O4S. The van der Waals surface area contributed by atoms with Gasteiger partial charge in [0.15, 0.2) is 0 Å². The normalized spacial score (nSPS) is 20.0. The highest BCUT2D eigenvalue weighted by atomic mass is 32.2. The van der Waals surface area contributed by atoms with E-state index in [2.05, 4.69) is 5.32 Å². The number of hydrogen-bond acceptors (Lipinski definition) is 6. The Balaban J connectivity index is 1.99. The van der Waals surface area contributed by atoms with E-state index in [1.807, 2.05) is 0 Å². The molecule has 1 aliphatic rings. The zero-order chi connectivity index (χ0) is 18.4. The molecule has 2 amide bonds. The number of thioether (sulfide) groups is 1. The van der Waals surface area contributed by atoms with Crippen molar-refractivity contribution in [3.8, 4) is 0 Å². The summed E-state index contributed by atoms with van der Waals surface area (Å²) in [5.74, 6) is -0.567. The molecule has 25 heavy (non-hydrogen) atoms. The minimum atomic E-state index is -0.734. The van der Waals surface area contributed by atoms with Crippen LogP contribution in [0.5, 0.6) is 0 Å². The first-order valence-corrected chi connectivity index (χ1v) is 9.11. The Kier molecular flexibility index (Phi) is 6.77. The molecule has 2 rings (SSSR count). The van der Waals surface area contributed by atoms with Crippen molar-refractivity contribution in [3.63, 3.8) is 0 Å². The molecule has 2 unspecified atom stereocenters. The highest BCUT2D eigenvalue weighted by molar-refractivity contribution is 8.00. The van der Waals surface area contributed by atoms with Crippen LogP contribution in [0.1, 0.15) is 36.0 Å². The molecule has 1 fully saturated rings. The number of amides is 2. The van der Waals surface area contributed by atoms with Gasteiger partial charge in [-0.25, -0.2) is 0 Å². The zero-order valence-corrected chi connectivity index (χ0v) is 14.6. The predicted octanol–water partition coefficient (Wildman–Crippen LogP) is 1.42. The predicted molar refractivity (Wildman–Crippen MR) is 95.3 cm³/mol. The van der Waals surface area contributed by atoms with Crippen LogP contribution in [0.25, 0.3) is 0 Å². The van der Waals surface area contributed by atoms with Gasteiger partial charge in [-0.1, -0.05) is 12.8 Å². The average molecular weight is 366 g/mol. The summed E-state index contributed by atoms with van der Waals surface area (Å²) in [6.45, 7) is 0.540. The molecule has 136 valence electrons. The molecule has 1 saturated carbocycles. The molecule has 0 saturated heterocycles. The largest absolute Gasteiger partial charge is 0.366 e. The Labute approximate surface area is 149 Å². The standard InChI is InChI=1S/C16H22N4O4S/c17-8-11-3-1-2-4-12(11)19-15(21)9-25-14-6-5-10(16(18)22)7-13(14)20(23)24/h5-7,11-12H,1-4,8-9,17H2,(H2,18,22)(H,19,21). The molecule has 0 bridgehead atoms. The van der Waals surface area contributed by atoms with E-state index in [1.54, 1.807) is 0 Å². The van der Waals surface area contributed by atoms with Crippen molar-refractivity contribution in [1.29, 1.82) is 0 Å². The van der Waals surface area contributed by atoms with Gasteiger partial charge in [0, 0.05) is 17.7 Å². The molecule has 2 atom stereocenters. The van der Waals surface area contributed by atoms with Crippen molar-refractivity contribution < 1.29 is 14.5 Å². The van der Waals surface area contributed by atoms with Crippen LogP contribution in [0, 0.1) is 16.0 Å². The summed E-state index contributed by atoms with van der Waals surface area (Å²) in [5.41, 5.74) is 10.7. The number of nitrogens with one attached hydrogen (secondary N) is 1. The van der Waals surface area contributed by atoms with E-state index >= 15 is 0 Å². The molecule has 8 nitrogen and oxygen atoms in total. The summed E-state index contributed by atoms with van der Waals surface area (Å²) in [6.07, 6.45) is 4.11. The molecule has 1 aromatic carbocycles. The first-order valence-electron chi connectivity index (χ1n) is 8.13. The number of primary amides is 1. The molecule has 0 heterocycles. The third kappa shape index (κ3) is 5.17. The highest BCUT2D eigenvalue weighted by Crippen LogP contribution is 2.30. The van der Waals surface area contributed by atoms with Crippen LogP contribution >= 0.6 is 11.8 Å². The van der Waals surface area contributed by atoms with Gasteiger partial charge in [-0.05, 0) is 37.4 Å². The van der Waals surface area contributed by atoms with E-state index in [0.717, 1.165) is 43.5 Å². The lowest BCUT2D eigenvalue weighted by atomic mass is 9.84. The first kappa shape index (κ1) is 19.2. The summed E-state index contributed by atoms with van der Waals surface area (Å²) in [7, 11) is 0. The van der Waals surface area contributed by atoms with Crippen molar-refractivity contribution >= 4 is 29.3 Å². The minimum absolute atomic E-state index is 0.0601. The number of carbonyl (C=O) groups excluding carboxylic acids is 2. The second-order valence-electron chi connectivity index (χ2n) is 6.05. The van der Waals surface area contributed by atoms with Crippen molar-refractivity contribution in [2.75, 3.05) is 12.3 Å². The summed E-state index contributed by atoms with van der Waals surface area (Å²) in [6, 6.07) is 4.06. The Morgan fingerprint density at radius 2 is 2.04 bits per heavy atom. The molecule has 1 aromatic rings. The van der Waals surface area contributed by atoms with Crippen molar-refractivity contribution in [2.24, 2.45) is 17.4 Å². The number of hydrogen-bond donors (Lipinski definition) is 3. The fraction of sp³-hybridized carbons (Fsp3) is 0.500. The van der Waals surface area contributed by atoms with E-state index in [9.17, 15) is 19.7 Å². The lowest BCUT2D eigenvalue weighted by Gasteiger charge is -2.31. The monoisotopic (exact) mass is 366 g/mol. The van der Waals surface area contributed by atoms with Gasteiger partial charge in [0.25, 0.3) is 5.69 Å². The van der Waals surface area contributed by atoms with Gasteiger partial charge in [0.05, 0.1) is 15.6 Å². The maximum Gasteiger partial charge on any atom is 0.283 e. The van der Waals surface area contributed by atoms with Gasteiger partial charge in [-0.3, -0.25) is 19.7 Å². The molecule has 0 spiro atoms. The third-order valence-electron chi connectivity index (χ3n) is 4.36. The van der Waals surface area contributed by atoms with Gasteiger partial charge in [0.1, 0.15) is 0 Å². The van der Waals surface area contributed by atoms with Crippen molar-refractivity contribution in [3.05, 3.63) is 33.9 Å². The van der Waals surface area contributed by atoms with Gasteiger partial charge in [-0.2, -0.15) is 0 Å². The number of nitrogens with two attached hydrogens (primary N) is 2. The number of nitro groups is 1. The molecule has 9 heteroatoms. The van der Waals surface area contributed by atoms with E-state index in [-0.39, 0.29) is 34.9 Å². The van der Waals surface area contributed by atoms with Crippen LogP contribution < -0.4 is 16.8 Å². The quantitative estimate of drug-likeness (QED) is 0.378. The van der Waals surface area contributed by atoms with Crippen LogP contribution in [0.15, 0.2) is 23.1 Å². The van der Waals surface area contributed by atoms with E-state index < -0.39 is 10.8 Å². The summed E-state index contributed by atoms with van der Waals surface area (Å²) in [5, 5.41) is 14.2. The molecule has 0 aromatic heterocycles. The lowest BCUT2D eigenvalue weighted by molar-refractivity contribution is -0.387. The van der Waals surface area contributed by atoms with Gasteiger partial charge in [0.2, 0.25) is 11.8 Å². The van der Waals surface area contributed by atoms with E-state index in [4.69, 9.17) is 11.5 Å². The van der Waals surface area contributed by atoms with Crippen molar-refractivity contribution in [2.45, 2.75) is 36.6 Å². The van der Waals surface area contributed by atoms with Crippen molar-refractivity contribution in [1.82, 2.24) is 5.32 Å². The molecule has 5 N–H and O–H groups in total. The number of nitro benzene ring substituents is 1. The molecule has 0 aliphatic heterocycles.